The summed E-state index contributed by atoms with van der Waals surface area (Å²) in [7, 11) is 0. The lowest BCUT2D eigenvalue weighted by Gasteiger charge is -2.38. The second-order valence-corrected chi connectivity index (χ2v) is 9.35. The molecule has 1 aliphatic carbocycles. The van der Waals surface area contributed by atoms with E-state index < -0.39 is 11.7 Å². The molecule has 178 valence electrons. The van der Waals surface area contributed by atoms with E-state index in [0.29, 0.717) is 48.6 Å². The Labute approximate surface area is 194 Å². The molecule has 1 N–H and O–H groups in total. The SMILES string of the molecule is Cc1cc(N2C[C@H]3CC[C@@H](C2)[C@H]3Nc2nc3n(n2)CCN3c2ccc(C(F)(F)F)cc2)ncn1. The normalized spacial score (nSPS) is 23.9. The van der Waals surface area contributed by atoms with Gasteiger partial charge in [0.2, 0.25) is 11.9 Å². The lowest BCUT2D eigenvalue weighted by Crippen LogP contribution is -2.48. The molecule has 1 aromatic carbocycles. The van der Waals surface area contributed by atoms with Gasteiger partial charge in [-0.3, -0.25) is 0 Å². The van der Waals surface area contributed by atoms with Crippen LogP contribution in [0.2, 0.25) is 0 Å². The van der Waals surface area contributed by atoms with Crippen molar-refractivity contribution >= 4 is 23.4 Å². The van der Waals surface area contributed by atoms with Gasteiger partial charge in [0, 0.05) is 43.1 Å². The highest BCUT2D eigenvalue weighted by atomic mass is 19.4. The number of aromatic nitrogens is 5. The zero-order valence-corrected chi connectivity index (χ0v) is 18.7. The Hall–Kier alpha value is -3.37. The van der Waals surface area contributed by atoms with Crippen LogP contribution in [0.3, 0.4) is 0 Å². The number of hydrogen-bond acceptors (Lipinski definition) is 7. The molecule has 3 aliphatic rings. The Morgan fingerprint density at radius 1 is 1.00 bits per heavy atom. The molecule has 3 aromatic rings. The number of hydrogen-bond donors (Lipinski definition) is 1. The minimum Gasteiger partial charge on any atom is -0.356 e. The Kier molecular flexibility index (Phi) is 4.89. The number of anilines is 4. The van der Waals surface area contributed by atoms with Crippen LogP contribution in [-0.2, 0) is 12.7 Å². The highest BCUT2D eigenvalue weighted by Crippen LogP contribution is 2.40. The monoisotopic (exact) mass is 470 g/mol. The molecule has 0 spiro atoms. The standard InChI is InChI=1S/C23H25F3N8/c1-14-10-19(28-13-27-14)32-11-15-2-3-16(12-32)20(15)29-21-30-22-33(8-9-34(22)31-21)18-6-4-17(5-7-18)23(24,25)26/h4-7,10,13,15-16,20H,2-3,8-9,11-12H2,1H3,(H,29,31)/t15-,16+,20+. The summed E-state index contributed by atoms with van der Waals surface area (Å²) in [6, 6.07) is 7.53. The second kappa shape index (κ2) is 7.85. The van der Waals surface area contributed by atoms with Gasteiger partial charge < -0.3 is 15.1 Å². The maximum atomic E-state index is 12.9. The van der Waals surface area contributed by atoms with Crippen molar-refractivity contribution in [2.75, 3.05) is 34.8 Å². The van der Waals surface area contributed by atoms with Gasteiger partial charge in [0.15, 0.2) is 0 Å². The summed E-state index contributed by atoms with van der Waals surface area (Å²) in [5.41, 5.74) is 0.990. The summed E-state index contributed by atoms with van der Waals surface area (Å²) < 4.78 is 40.6. The fourth-order valence-corrected chi connectivity index (χ4v) is 5.52. The lowest BCUT2D eigenvalue weighted by molar-refractivity contribution is -0.137. The van der Waals surface area contributed by atoms with Crippen molar-refractivity contribution in [3.8, 4) is 0 Å². The zero-order valence-electron chi connectivity index (χ0n) is 18.7. The number of rotatable bonds is 4. The molecule has 6 rings (SSSR count). The van der Waals surface area contributed by atoms with Crippen LogP contribution in [0, 0.1) is 18.8 Å². The topological polar surface area (TPSA) is 75.0 Å². The lowest BCUT2D eigenvalue weighted by atomic mass is 9.92. The minimum absolute atomic E-state index is 0.293. The van der Waals surface area contributed by atoms with Crippen molar-refractivity contribution in [3.63, 3.8) is 0 Å². The molecule has 1 saturated carbocycles. The number of fused-ring (bicyclic) bond motifs is 3. The molecule has 2 aromatic heterocycles. The largest absolute Gasteiger partial charge is 0.416 e. The van der Waals surface area contributed by atoms with Crippen LogP contribution in [0.5, 0.6) is 0 Å². The van der Waals surface area contributed by atoms with Crippen LogP contribution in [0.4, 0.5) is 36.6 Å². The molecule has 11 heteroatoms. The Balaban J connectivity index is 1.16. The highest BCUT2D eigenvalue weighted by molar-refractivity contribution is 5.60. The fourth-order valence-electron chi connectivity index (χ4n) is 5.52. The van der Waals surface area contributed by atoms with Gasteiger partial charge in [-0.1, -0.05) is 0 Å². The van der Waals surface area contributed by atoms with Crippen LogP contribution < -0.4 is 15.1 Å². The van der Waals surface area contributed by atoms with Crippen LogP contribution in [0.1, 0.15) is 24.1 Å². The highest BCUT2D eigenvalue weighted by Gasteiger charge is 2.43. The first-order chi connectivity index (χ1) is 16.3. The summed E-state index contributed by atoms with van der Waals surface area (Å²) in [5.74, 6) is 3.16. The van der Waals surface area contributed by atoms with Crippen LogP contribution in [-0.4, -0.2) is 50.4 Å². The van der Waals surface area contributed by atoms with Gasteiger partial charge in [-0.15, -0.1) is 5.10 Å². The quantitative estimate of drug-likeness (QED) is 0.620. The zero-order chi connectivity index (χ0) is 23.4. The third-order valence-electron chi connectivity index (χ3n) is 7.18. The molecule has 3 atom stereocenters. The molecular formula is C23H25F3N8. The van der Waals surface area contributed by atoms with Crippen molar-refractivity contribution in [1.29, 1.82) is 0 Å². The average Bonchev–Trinajstić information content (AvgIpc) is 3.44. The molecule has 4 heterocycles. The number of nitrogens with zero attached hydrogens (tertiary/aromatic N) is 7. The first kappa shape index (κ1) is 21.2. The number of nitrogens with one attached hydrogen (secondary N) is 1. The predicted octanol–water partition coefficient (Wildman–Crippen LogP) is 3.87. The number of alkyl halides is 3. The molecule has 2 aliphatic heterocycles. The van der Waals surface area contributed by atoms with E-state index in [1.54, 1.807) is 6.33 Å². The molecule has 0 unspecified atom stereocenters. The van der Waals surface area contributed by atoms with Crippen LogP contribution in [0.15, 0.2) is 36.7 Å². The van der Waals surface area contributed by atoms with E-state index >= 15 is 0 Å². The van der Waals surface area contributed by atoms with Gasteiger partial charge in [-0.25, -0.2) is 14.6 Å². The Bertz CT molecular complexity index is 1180. The molecule has 2 fully saturated rings. The van der Waals surface area contributed by atoms with Gasteiger partial charge >= 0.3 is 6.18 Å². The summed E-state index contributed by atoms with van der Waals surface area (Å²) in [4.78, 5) is 17.6. The maximum Gasteiger partial charge on any atom is 0.416 e. The maximum absolute atomic E-state index is 12.9. The summed E-state index contributed by atoms with van der Waals surface area (Å²) >= 11 is 0. The second-order valence-electron chi connectivity index (χ2n) is 9.35. The van der Waals surface area contributed by atoms with Crippen molar-refractivity contribution in [1.82, 2.24) is 24.7 Å². The summed E-state index contributed by atoms with van der Waals surface area (Å²) in [6.45, 7) is 5.10. The van der Waals surface area contributed by atoms with Crippen molar-refractivity contribution in [2.24, 2.45) is 11.8 Å². The van der Waals surface area contributed by atoms with Gasteiger partial charge in [0.05, 0.1) is 12.1 Å². The Morgan fingerprint density at radius 2 is 1.74 bits per heavy atom. The van der Waals surface area contributed by atoms with E-state index in [4.69, 9.17) is 4.98 Å². The number of aryl methyl sites for hydroxylation is 1. The van der Waals surface area contributed by atoms with Gasteiger partial charge in [0.1, 0.15) is 12.1 Å². The number of piperidine rings is 1. The van der Waals surface area contributed by atoms with E-state index in [1.807, 2.05) is 22.6 Å². The number of benzene rings is 1. The third kappa shape index (κ3) is 3.72. The Morgan fingerprint density at radius 3 is 2.41 bits per heavy atom. The molecule has 1 saturated heterocycles. The van der Waals surface area contributed by atoms with E-state index in [-0.39, 0.29) is 0 Å². The smallest absolute Gasteiger partial charge is 0.356 e. The van der Waals surface area contributed by atoms with E-state index in [1.165, 1.54) is 12.1 Å². The van der Waals surface area contributed by atoms with Crippen molar-refractivity contribution in [3.05, 3.63) is 47.9 Å². The molecule has 34 heavy (non-hydrogen) atoms. The third-order valence-corrected chi connectivity index (χ3v) is 7.18. The molecule has 2 bridgehead atoms. The minimum atomic E-state index is -4.35. The predicted molar refractivity (Wildman–Crippen MR) is 121 cm³/mol. The molecule has 0 radical (unpaired) electrons. The van der Waals surface area contributed by atoms with E-state index in [2.05, 4.69) is 25.3 Å². The molecule has 8 nitrogen and oxygen atoms in total. The van der Waals surface area contributed by atoms with Gasteiger partial charge in [0.25, 0.3) is 0 Å². The molecule has 0 amide bonds. The van der Waals surface area contributed by atoms with Gasteiger partial charge in [-0.05, 0) is 55.9 Å². The molecular weight excluding hydrogens is 445 g/mol. The summed E-state index contributed by atoms with van der Waals surface area (Å²) in [6.07, 6.45) is -0.431. The first-order valence-corrected chi connectivity index (χ1v) is 11.5. The van der Waals surface area contributed by atoms with Crippen LogP contribution in [0.25, 0.3) is 0 Å². The van der Waals surface area contributed by atoms with E-state index in [9.17, 15) is 13.2 Å². The van der Waals surface area contributed by atoms with Crippen molar-refractivity contribution < 1.29 is 13.2 Å². The van der Waals surface area contributed by atoms with Crippen molar-refractivity contribution in [2.45, 2.75) is 38.5 Å². The first-order valence-electron chi connectivity index (χ1n) is 11.5. The fraction of sp³-hybridized carbons (Fsp3) is 0.478. The number of halogens is 3. The average molecular weight is 471 g/mol. The summed E-state index contributed by atoms with van der Waals surface area (Å²) in [5, 5.41) is 8.22. The van der Waals surface area contributed by atoms with Crippen LogP contribution >= 0.6 is 0 Å². The van der Waals surface area contributed by atoms with E-state index in [0.717, 1.165) is 49.6 Å². The van der Waals surface area contributed by atoms with Gasteiger partial charge in [-0.2, -0.15) is 18.2 Å².